The number of esters is 4. The number of methoxy groups -OCH3 is 2. The molecule has 1 aliphatic rings. The highest BCUT2D eigenvalue weighted by Gasteiger charge is 2.58. The molecule has 1 rings (SSSR count). The zero-order chi connectivity index (χ0) is 19.0. The van der Waals surface area contributed by atoms with Crippen molar-refractivity contribution in [2.45, 2.75) is 39.5 Å². The first-order chi connectivity index (χ1) is 11.8. The van der Waals surface area contributed by atoms with E-state index in [0.717, 1.165) is 0 Å². The molecule has 1 saturated carbocycles. The lowest BCUT2D eigenvalue weighted by Crippen LogP contribution is -2.40. The van der Waals surface area contributed by atoms with Crippen LogP contribution in [-0.2, 0) is 38.1 Å². The normalized spacial score (nSPS) is 21.3. The van der Waals surface area contributed by atoms with E-state index in [1.807, 2.05) is 0 Å². The third-order valence-electron chi connectivity index (χ3n) is 4.53. The summed E-state index contributed by atoms with van der Waals surface area (Å²) in [4.78, 5) is 48.5. The van der Waals surface area contributed by atoms with Gasteiger partial charge in [0.1, 0.15) is 0 Å². The first kappa shape index (κ1) is 20.9. The van der Waals surface area contributed by atoms with Crippen molar-refractivity contribution in [3.05, 3.63) is 0 Å². The van der Waals surface area contributed by atoms with Gasteiger partial charge in [0.05, 0.1) is 27.4 Å². The standard InChI is InChI=1S/C17H26O8/c1-5-24-15(20)17(16(21)25-6-2)9-11(7-13(18)22-3)12(10-17)8-14(19)23-4/h11-12H,5-10H2,1-4H3. The number of carbonyl (C=O) groups is 4. The van der Waals surface area contributed by atoms with Gasteiger partial charge in [-0.3, -0.25) is 19.2 Å². The summed E-state index contributed by atoms with van der Waals surface area (Å²) in [5.74, 6) is -3.08. The molecule has 2 unspecified atom stereocenters. The van der Waals surface area contributed by atoms with Crippen LogP contribution in [0.1, 0.15) is 39.5 Å². The number of ether oxygens (including phenoxy) is 4. The largest absolute Gasteiger partial charge is 0.469 e. The van der Waals surface area contributed by atoms with Crippen LogP contribution in [0, 0.1) is 17.3 Å². The van der Waals surface area contributed by atoms with Crippen molar-refractivity contribution in [2.24, 2.45) is 17.3 Å². The van der Waals surface area contributed by atoms with Gasteiger partial charge >= 0.3 is 23.9 Å². The quantitative estimate of drug-likeness (QED) is 0.363. The predicted molar refractivity (Wildman–Crippen MR) is 85.2 cm³/mol. The van der Waals surface area contributed by atoms with E-state index in [4.69, 9.17) is 9.47 Å². The highest BCUT2D eigenvalue weighted by atomic mass is 16.6. The summed E-state index contributed by atoms with van der Waals surface area (Å²) < 4.78 is 19.5. The fraction of sp³-hybridized carbons (Fsp3) is 0.765. The van der Waals surface area contributed by atoms with Crippen LogP contribution in [0.2, 0.25) is 0 Å². The van der Waals surface area contributed by atoms with Crippen LogP contribution in [0.25, 0.3) is 0 Å². The average molecular weight is 358 g/mol. The maximum atomic E-state index is 12.5. The maximum absolute atomic E-state index is 12.5. The Bertz CT molecular complexity index is 467. The van der Waals surface area contributed by atoms with Crippen LogP contribution in [-0.4, -0.2) is 51.3 Å². The minimum absolute atomic E-state index is 0.00127. The van der Waals surface area contributed by atoms with E-state index in [1.165, 1.54) is 14.2 Å². The van der Waals surface area contributed by atoms with Gasteiger partial charge in [-0.25, -0.2) is 0 Å². The van der Waals surface area contributed by atoms with Crippen molar-refractivity contribution >= 4 is 23.9 Å². The first-order valence-electron chi connectivity index (χ1n) is 8.32. The third-order valence-corrected chi connectivity index (χ3v) is 4.53. The van der Waals surface area contributed by atoms with Gasteiger partial charge in [0, 0.05) is 12.8 Å². The van der Waals surface area contributed by atoms with Gasteiger partial charge in [0.15, 0.2) is 5.41 Å². The monoisotopic (exact) mass is 358 g/mol. The zero-order valence-corrected chi connectivity index (χ0v) is 15.2. The summed E-state index contributed by atoms with van der Waals surface area (Å²) in [6, 6.07) is 0. The van der Waals surface area contributed by atoms with Gasteiger partial charge in [0.25, 0.3) is 0 Å². The summed E-state index contributed by atoms with van der Waals surface area (Å²) in [5.41, 5.74) is -1.51. The highest BCUT2D eigenvalue weighted by molar-refractivity contribution is 6.00. The second kappa shape index (κ2) is 9.39. The van der Waals surface area contributed by atoms with E-state index < -0.39 is 29.3 Å². The molecular weight excluding hydrogens is 332 g/mol. The van der Waals surface area contributed by atoms with Crippen LogP contribution in [0.4, 0.5) is 0 Å². The van der Waals surface area contributed by atoms with Gasteiger partial charge in [-0.05, 0) is 38.5 Å². The molecule has 25 heavy (non-hydrogen) atoms. The van der Waals surface area contributed by atoms with Crippen LogP contribution in [0.15, 0.2) is 0 Å². The van der Waals surface area contributed by atoms with Gasteiger partial charge < -0.3 is 18.9 Å². The van der Waals surface area contributed by atoms with Crippen LogP contribution < -0.4 is 0 Å². The lowest BCUT2D eigenvalue weighted by atomic mass is 9.84. The van der Waals surface area contributed by atoms with Crippen LogP contribution >= 0.6 is 0 Å². The number of hydrogen-bond acceptors (Lipinski definition) is 8. The summed E-state index contributed by atoms with van der Waals surface area (Å²) >= 11 is 0. The zero-order valence-electron chi connectivity index (χ0n) is 15.2. The van der Waals surface area contributed by atoms with E-state index >= 15 is 0 Å². The molecule has 0 saturated heterocycles. The van der Waals surface area contributed by atoms with Crippen LogP contribution in [0.3, 0.4) is 0 Å². The summed E-state index contributed by atoms with van der Waals surface area (Å²) in [6.07, 6.45) is 0.139. The first-order valence-corrected chi connectivity index (χ1v) is 8.32. The molecule has 1 fully saturated rings. The highest BCUT2D eigenvalue weighted by Crippen LogP contribution is 2.50. The van der Waals surface area contributed by atoms with Gasteiger partial charge in [0.2, 0.25) is 0 Å². The predicted octanol–water partition coefficient (Wildman–Crippen LogP) is 1.25. The minimum Gasteiger partial charge on any atom is -0.469 e. The summed E-state index contributed by atoms with van der Waals surface area (Å²) in [6.45, 7) is 3.51. The van der Waals surface area contributed by atoms with E-state index in [1.54, 1.807) is 13.8 Å². The summed E-state index contributed by atoms with van der Waals surface area (Å²) in [7, 11) is 2.52. The lowest BCUT2D eigenvalue weighted by molar-refractivity contribution is -0.172. The second-order valence-corrected chi connectivity index (χ2v) is 6.01. The van der Waals surface area contributed by atoms with Gasteiger partial charge in [-0.1, -0.05) is 0 Å². The van der Waals surface area contributed by atoms with Crippen molar-refractivity contribution in [2.75, 3.05) is 27.4 Å². The van der Waals surface area contributed by atoms with E-state index in [-0.39, 0.29) is 50.7 Å². The van der Waals surface area contributed by atoms with Crippen molar-refractivity contribution in [3.8, 4) is 0 Å². The van der Waals surface area contributed by atoms with Gasteiger partial charge in [-0.2, -0.15) is 0 Å². The molecular formula is C17H26O8. The average Bonchev–Trinajstić information content (AvgIpc) is 2.94. The Kier molecular flexibility index (Phi) is 7.86. The Hall–Kier alpha value is -2.12. The molecule has 0 aliphatic heterocycles. The Balaban J connectivity index is 3.15. The number of rotatable bonds is 8. The number of hydrogen-bond donors (Lipinski definition) is 0. The molecule has 0 radical (unpaired) electrons. The second-order valence-electron chi connectivity index (χ2n) is 6.01. The molecule has 0 aromatic carbocycles. The van der Waals surface area contributed by atoms with E-state index in [0.29, 0.717) is 0 Å². The lowest BCUT2D eigenvalue weighted by Gasteiger charge is -2.24. The molecule has 8 nitrogen and oxygen atoms in total. The van der Waals surface area contributed by atoms with Crippen molar-refractivity contribution in [1.82, 2.24) is 0 Å². The molecule has 0 heterocycles. The number of carbonyl (C=O) groups excluding carboxylic acids is 4. The van der Waals surface area contributed by atoms with E-state index in [2.05, 4.69) is 9.47 Å². The van der Waals surface area contributed by atoms with Crippen LogP contribution in [0.5, 0.6) is 0 Å². The van der Waals surface area contributed by atoms with Gasteiger partial charge in [-0.15, -0.1) is 0 Å². The van der Waals surface area contributed by atoms with Crippen molar-refractivity contribution < 1.29 is 38.1 Å². The molecule has 142 valence electrons. The molecule has 0 N–H and O–H groups in total. The fourth-order valence-corrected chi connectivity index (χ4v) is 3.34. The molecule has 0 aromatic heterocycles. The molecule has 0 aromatic rings. The topological polar surface area (TPSA) is 105 Å². The third kappa shape index (κ3) is 4.93. The molecule has 0 amide bonds. The molecule has 1 aliphatic carbocycles. The molecule has 0 spiro atoms. The minimum atomic E-state index is -1.51. The molecule has 0 bridgehead atoms. The Morgan fingerprint density at radius 1 is 0.800 bits per heavy atom. The molecule has 8 heteroatoms. The Morgan fingerprint density at radius 2 is 1.16 bits per heavy atom. The SMILES string of the molecule is CCOC(=O)C1(C(=O)OCC)CC(CC(=O)OC)C(CC(=O)OC)C1. The Morgan fingerprint density at radius 3 is 1.44 bits per heavy atom. The molecule has 2 atom stereocenters. The van der Waals surface area contributed by atoms with Crippen molar-refractivity contribution in [1.29, 1.82) is 0 Å². The van der Waals surface area contributed by atoms with E-state index in [9.17, 15) is 19.2 Å². The smallest absolute Gasteiger partial charge is 0.323 e. The Labute approximate surface area is 147 Å². The fourth-order valence-electron chi connectivity index (χ4n) is 3.34. The van der Waals surface area contributed by atoms with Crippen molar-refractivity contribution in [3.63, 3.8) is 0 Å². The summed E-state index contributed by atoms with van der Waals surface area (Å²) in [5, 5.41) is 0. The maximum Gasteiger partial charge on any atom is 0.323 e.